The quantitative estimate of drug-likeness (QED) is 0.545. The maximum absolute atomic E-state index is 13.3. The molecule has 180 valence electrons. The minimum Gasteiger partial charge on any atom is -0.352 e. The number of rotatable bonds is 10. The number of nitrogens with zero attached hydrogens (tertiary/aromatic N) is 2. The molecule has 0 radical (unpaired) electrons. The van der Waals surface area contributed by atoms with E-state index < -0.39 is 34.3 Å². The van der Waals surface area contributed by atoms with Gasteiger partial charge in [0.15, 0.2) is 0 Å². The molecule has 0 aliphatic heterocycles. The van der Waals surface area contributed by atoms with E-state index in [1.165, 1.54) is 60.5 Å². The Hall–Kier alpha value is -2.49. The van der Waals surface area contributed by atoms with Crippen molar-refractivity contribution in [2.75, 3.05) is 13.6 Å². The van der Waals surface area contributed by atoms with Crippen LogP contribution in [0.1, 0.15) is 32.8 Å². The second kappa shape index (κ2) is 11.6. The van der Waals surface area contributed by atoms with Crippen molar-refractivity contribution in [3.05, 3.63) is 64.9 Å². The molecule has 0 saturated heterocycles. The number of amides is 2. The zero-order valence-electron chi connectivity index (χ0n) is 19.1. The van der Waals surface area contributed by atoms with Crippen molar-refractivity contribution < 1.29 is 22.4 Å². The van der Waals surface area contributed by atoms with Gasteiger partial charge in [0.05, 0.1) is 11.4 Å². The molecule has 10 heteroatoms. The molecule has 2 aromatic carbocycles. The van der Waals surface area contributed by atoms with Gasteiger partial charge < -0.3 is 10.2 Å². The lowest BCUT2D eigenvalue weighted by molar-refractivity contribution is -0.140. The summed E-state index contributed by atoms with van der Waals surface area (Å²) in [5, 5.41) is 3.23. The molecule has 2 atom stereocenters. The Morgan fingerprint density at radius 2 is 1.64 bits per heavy atom. The van der Waals surface area contributed by atoms with Gasteiger partial charge in [0, 0.05) is 24.7 Å². The molecule has 0 spiro atoms. The highest BCUT2D eigenvalue weighted by Crippen LogP contribution is 2.18. The molecule has 7 nitrogen and oxygen atoms in total. The molecule has 0 saturated carbocycles. The van der Waals surface area contributed by atoms with Gasteiger partial charge in [0.2, 0.25) is 21.8 Å². The molecule has 2 rings (SSSR count). The van der Waals surface area contributed by atoms with Gasteiger partial charge in [0.1, 0.15) is 11.9 Å². The first kappa shape index (κ1) is 26.8. The van der Waals surface area contributed by atoms with Crippen molar-refractivity contribution in [3.63, 3.8) is 0 Å². The van der Waals surface area contributed by atoms with Gasteiger partial charge in [-0.15, -0.1) is 0 Å². The predicted molar refractivity (Wildman–Crippen MR) is 126 cm³/mol. The monoisotopic (exact) mass is 497 g/mol. The van der Waals surface area contributed by atoms with E-state index in [1.54, 1.807) is 6.92 Å². The minimum atomic E-state index is -3.95. The number of nitrogens with one attached hydrogen (secondary N) is 1. The van der Waals surface area contributed by atoms with Crippen LogP contribution in [0.15, 0.2) is 53.4 Å². The largest absolute Gasteiger partial charge is 0.352 e. The highest BCUT2D eigenvalue weighted by molar-refractivity contribution is 7.89. The van der Waals surface area contributed by atoms with Crippen molar-refractivity contribution >= 4 is 33.4 Å². The molecule has 2 aromatic rings. The molecule has 0 unspecified atom stereocenters. The highest BCUT2D eigenvalue weighted by Gasteiger charge is 2.30. The van der Waals surface area contributed by atoms with E-state index in [0.717, 1.165) is 4.31 Å². The Balaban J connectivity index is 2.26. The van der Waals surface area contributed by atoms with Gasteiger partial charge in [-0.25, -0.2) is 12.8 Å². The number of hydrogen-bond acceptors (Lipinski definition) is 4. The fourth-order valence-electron chi connectivity index (χ4n) is 2.99. The molecular weight excluding hydrogens is 469 g/mol. The molecule has 0 aliphatic carbocycles. The first-order chi connectivity index (χ1) is 15.4. The second-order valence-corrected chi connectivity index (χ2v) is 10.3. The summed E-state index contributed by atoms with van der Waals surface area (Å²) < 4.78 is 40.0. The topological polar surface area (TPSA) is 86.8 Å². The first-order valence-electron chi connectivity index (χ1n) is 10.5. The molecular formula is C23H29ClFN3O4S. The Bertz CT molecular complexity index is 1060. The van der Waals surface area contributed by atoms with Gasteiger partial charge in [0.25, 0.3) is 0 Å². The van der Waals surface area contributed by atoms with Crippen molar-refractivity contribution in [1.29, 1.82) is 0 Å². The van der Waals surface area contributed by atoms with Gasteiger partial charge in [-0.3, -0.25) is 9.59 Å². The lowest BCUT2D eigenvalue weighted by Crippen LogP contribution is -2.51. The van der Waals surface area contributed by atoms with Crippen LogP contribution in [0.3, 0.4) is 0 Å². The van der Waals surface area contributed by atoms with Crippen molar-refractivity contribution in [1.82, 2.24) is 14.5 Å². The average Bonchev–Trinajstić information content (AvgIpc) is 2.78. The van der Waals surface area contributed by atoms with E-state index in [-0.39, 0.29) is 23.4 Å². The molecule has 0 bridgehead atoms. The smallest absolute Gasteiger partial charge is 0.243 e. The van der Waals surface area contributed by atoms with Crippen LogP contribution >= 0.6 is 11.6 Å². The number of halogens is 2. The lowest BCUT2D eigenvalue weighted by Gasteiger charge is -2.31. The van der Waals surface area contributed by atoms with Crippen LogP contribution in [-0.4, -0.2) is 55.1 Å². The summed E-state index contributed by atoms with van der Waals surface area (Å²) >= 11 is 5.83. The van der Waals surface area contributed by atoms with E-state index in [2.05, 4.69) is 5.32 Å². The standard InChI is InChI=1S/C23H29ClFN3O4S/c1-5-16(2)26-23(30)17(3)28(14-18-6-10-20(25)11-7-18)22(29)15-27(4)33(31,32)21-12-8-19(24)9-13-21/h6-13,16-17H,5,14-15H2,1-4H3,(H,26,30)/t16-,17+/m1/s1. The van der Waals surface area contributed by atoms with Crippen LogP contribution in [0, 0.1) is 5.82 Å². The Labute approximate surface area is 199 Å². The lowest BCUT2D eigenvalue weighted by atomic mass is 10.1. The summed E-state index contributed by atoms with van der Waals surface area (Å²) in [7, 11) is -2.66. The van der Waals surface area contributed by atoms with Crippen LogP contribution in [0.4, 0.5) is 4.39 Å². The van der Waals surface area contributed by atoms with Crippen LogP contribution in [0.25, 0.3) is 0 Å². The van der Waals surface area contributed by atoms with Crippen molar-refractivity contribution in [2.45, 2.75) is 50.7 Å². The first-order valence-corrected chi connectivity index (χ1v) is 12.3. The van der Waals surface area contributed by atoms with Crippen LogP contribution in [0.5, 0.6) is 0 Å². The second-order valence-electron chi connectivity index (χ2n) is 7.86. The number of likely N-dealkylation sites (N-methyl/N-ethyl adjacent to an activating group) is 1. The summed E-state index contributed by atoms with van der Waals surface area (Å²) in [6.45, 7) is 4.89. The summed E-state index contributed by atoms with van der Waals surface area (Å²) in [4.78, 5) is 27.2. The highest BCUT2D eigenvalue weighted by atomic mass is 35.5. The summed E-state index contributed by atoms with van der Waals surface area (Å²) in [5.74, 6) is -1.35. The Kier molecular flexibility index (Phi) is 9.39. The molecule has 2 amide bonds. The van der Waals surface area contributed by atoms with Crippen LogP contribution < -0.4 is 5.32 Å². The average molecular weight is 498 g/mol. The van der Waals surface area contributed by atoms with E-state index in [1.807, 2.05) is 13.8 Å². The van der Waals surface area contributed by atoms with Gasteiger partial charge in [-0.05, 0) is 62.2 Å². The third kappa shape index (κ3) is 7.25. The normalized spacial score (nSPS) is 13.4. The third-order valence-electron chi connectivity index (χ3n) is 5.31. The molecule has 33 heavy (non-hydrogen) atoms. The SMILES string of the molecule is CC[C@@H](C)NC(=O)[C@H](C)N(Cc1ccc(F)cc1)C(=O)CN(C)S(=O)(=O)c1ccc(Cl)cc1. The number of benzene rings is 2. The fourth-order valence-corrected chi connectivity index (χ4v) is 4.23. The molecule has 0 aromatic heterocycles. The fraction of sp³-hybridized carbons (Fsp3) is 0.391. The maximum Gasteiger partial charge on any atom is 0.243 e. The number of hydrogen-bond donors (Lipinski definition) is 1. The third-order valence-corrected chi connectivity index (χ3v) is 7.38. The summed E-state index contributed by atoms with van der Waals surface area (Å²) in [6, 6.07) is 10.2. The molecule has 1 N–H and O–H groups in total. The molecule has 0 fully saturated rings. The van der Waals surface area contributed by atoms with Gasteiger partial charge in [-0.2, -0.15) is 4.31 Å². The summed E-state index contributed by atoms with van der Waals surface area (Å²) in [6.07, 6.45) is 0.715. The van der Waals surface area contributed by atoms with Crippen LogP contribution in [0.2, 0.25) is 5.02 Å². The Morgan fingerprint density at radius 1 is 1.06 bits per heavy atom. The Morgan fingerprint density at radius 3 is 2.18 bits per heavy atom. The zero-order valence-corrected chi connectivity index (χ0v) is 20.7. The van der Waals surface area contributed by atoms with Gasteiger partial charge in [-0.1, -0.05) is 30.7 Å². The number of sulfonamides is 1. The zero-order chi connectivity index (χ0) is 24.8. The molecule has 0 heterocycles. The van der Waals surface area contributed by atoms with Crippen molar-refractivity contribution in [3.8, 4) is 0 Å². The van der Waals surface area contributed by atoms with E-state index in [0.29, 0.717) is 17.0 Å². The van der Waals surface area contributed by atoms with E-state index in [4.69, 9.17) is 11.6 Å². The number of carbonyl (C=O) groups is 2. The van der Waals surface area contributed by atoms with Crippen molar-refractivity contribution in [2.24, 2.45) is 0 Å². The van der Waals surface area contributed by atoms with Crippen LogP contribution in [-0.2, 0) is 26.2 Å². The predicted octanol–water partition coefficient (Wildman–Crippen LogP) is 3.43. The maximum atomic E-state index is 13.3. The van der Waals surface area contributed by atoms with E-state index >= 15 is 0 Å². The minimum absolute atomic E-state index is 0.00477. The molecule has 0 aliphatic rings. The summed E-state index contributed by atoms with van der Waals surface area (Å²) in [5.41, 5.74) is 0.608. The van der Waals surface area contributed by atoms with Gasteiger partial charge >= 0.3 is 0 Å². The number of carbonyl (C=O) groups excluding carboxylic acids is 2. The van der Waals surface area contributed by atoms with E-state index in [9.17, 15) is 22.4 Å².